The van der Waals surface area contributed by atoms with Crippen LogP contribution in [0, 0.1) is 6.92 Å². The van der Waals surface area contributed by atoms with E-state index in [-0.39, 0.29) is 5.91 Å². The largest absolute Gasteiger partial charge is 0.356 e. The highest BCUT2D eigenvalue weighted by atomic mass is 16.2. The summed E-state index contributed by atoms with van der Waals surface area (Å²) >= 11 is 0. The Morgan fingerprint density at radius 1 is 1.00 bits per heavy atom. The van der Waals surface area contributed by atoms with Crippen molar-refractivity contribution in [2.45, 2.75) is 18.9 Å². The predicted molar refractivity (Wildman–Crippen MR) is 84.8 cm³/mol. The molecule has 0 radical (unpaired) electrons. The molecule has 0 aromatic heterocycles. The molecule has 106 valence electrons. The number of anilines is 2. The van der Waals surface area contributed by atoms with Gasteiger partial charge in [0.25, 0.3) is 5.91 Å². The standard InChI is InChI=1S/C18H18N2O/c1-12-7-6-10-15-13(12)11-18(20(15)3)14-8-4-5-9-16(14)19(2)17(18)21/h4-10H,11H2,1-3H3. The lowest BCUT2D eigenvalue weighted by Crippen LogP contribution is -2.49. The minimum Gasteiger partial charge on any atom is -0.356 e. The van der Waals surface area contributed by atoms with E-state index in [1.54, 1.807) is 4.90 Å². The third kappa shape index (κ3) is 1.31. The molecule has 0 saturated carbocycles. The van der Waals surface area contributed by atoms with Crippen LogP contribution in [0.3, 0.4) is 0 Å². The van der Waals surface area contributed by atoms with Crippen LogP contribution in [0.15, 0.2) is 42.5 Å². The van der Waals surface area contributed by atoms with Crippen molar-refractivity contribution in [2.75, 3.05) is 23.9 Å². The number of likely N-dealkylation sites (N-methyl/N-ethyl adjacent to an activating group) is 2. The average molecular weight is 278 g/mol. The van der Waals surface area contributed by atoms with Crippen molar-refractivity contribution >= 4 is 17.3 Å². The fourth-order valence-electron chi connectivity index (χ4n) is 3.92. The summed E-state index contributed by atoms with van der Waals surface area (Å²) in [5.41, 5.74) is 5.30. The number of nitrogens with zero attached hydrogens (tertiary/aromatic N) is 2. The van der Waals surface area contributed by atoms with Gasteiger partial charge in [0.2, 0.25) is 0 Å². The van der Waals surface area contributed by atoms with Crippen LogP contribution in [-0.4, -0.2) is 20.0 Å². The molecule has 2 heterocycles. The zero-order valence-electron chi connectivity index (χ0n) is 12.6. The molecule has 1 unspecified atom stereocenters. The van der Waals surface area contributed by atoms with Gasteiger partial charge in [0.05, 0.1) is 0 Å². The first-order valence-electron chi connectivity index (χ1n) is 7.27. The number of carbonyl (C=O) groups is 1. The maximum absolute atomic E-state index is 13.1. The molecule has 1 spiro atoms. The van der Waals surface area contributed by atoms with Crippen LogP contribution >= 0.6 is 0 Å². The lowest BCUT2D eigenvalue weighted by Gasteiger charge is -2.32. The number of hydrogen-bond donors (Lipinski definition) is 0. The van der Waals surface area contributed by atoms with Crippen LogP contribution in [0.2, 0.25) is 0 Å². The molecule has 3 heteroatoms. The number of para-hydroxylation sites is 1. The van der Waals surface area contributed by atoms with E-state index in [1.807, 2.05) is 32.3 Å². The van der Waals surface area contributed by atoms with Gasteiger partial charge in [-0.2, -0.15) is 0 Å². The molecule has 4 rings (SSSR count). The maximum atomic E-state index is 13.1. The summed E-state index contributed by atoms with van der Waals surface area (Å²) in [6.45, 7) is 2.13. The molecule has 0 saturated heterocycles. The fourth-order valence-corrected chi connectivity index (χ4v) is 3.92. The van der Waals surface area contributed by atoms with Crippen molar-refractivity contribution in [1.29, 1.82) is 0 Å². The highest BCUT2D eigenvalue weighted by Gasteiger charge is 2.56. The molecule has 3 nitrogen and oxygen atoms in total. The number of benzene rings is 2. The average Bonchev–Trinajstić information content (AvgIpc) is 2.92. The van der Waals surface area contributed by atoms with Crippen LogP contribution in [0.25, 0.3) is 0 Å². The van der Waals surface area contributed by atoms with Crippen molar-refractivity contribution in [2.24, 2.45) is 0 Å². The fraction of sp³-hybridized carbons (Fsp3) is 0.278. The smallest absolute Gasteiger partial charge is 0.257 e. The minimum absolute atomic E-state index is 0.168. The second kappa shape index (κ2) is 3.88. The van der Waals surface area contributed by atoms with E-state index in [2.05, 4.69) is 36.1 Å². The molecule has 1 atom stereocenters. The summed E-state index contributed by atoms with van der Waals surface area (Å²) in [5, 5.41) is 0. The van der Waals surface area contributed by atoms with E-state index < -0.39 is 5.54 Å². The Labute approximate surface area is 124 Å². The van der Waals surface area contributed by atoms with Crippen molar-refractivity contribution in [1.82, 2.24) is 0 Å². The van der Waals surface area contributed by atoms with Crippen LogP contribution < -0.4 is 9.80 Å². The Morgan fingerprint density at radius 2 is 1.71 bits per heavy atom. The van der Waals surface area contributed by atoms with Gasteiger partial charge in [0, 0.05) is 37.5 Å². The number of rotatable bonds is 0. The Hall–Kier alpha value is -2.29. The number of fused-ring (bicyclic) bond motifs is 3. The molecule has 0 fully saturated rings. The summed E-state index contributed by atoms with van der Waals surface area (Å²) in [6.07, 6.45) is 0.756. The monoisotopic (exact) mass is 278 g/mol. The number of amides is 1. The summed E-state index contributed by atoms with van der Waals surface area (Å²) in [5.74, 6) is 0.168. The molecule has 2 aliphatic rings. The third-order valence-electron chi connectivity index (χ3n) is 5.12. The first-order chi connectivity index (χ1) is 10.1. The molecular formula is C18H18N2O. The molecule has 21 heavy (non-hydrogen) atoms. The van der Waals surface area contributed by atoms with Gasteiger partial charge in [-0.15, -0.1) is 0 Å². The van der Waals surface area contributed by atoms with Crippen LogP contribution in [0.1, 0.15) is 16.7 Å². The summed E-state index contributed by atoms with van der Waals surface area (Å²) in [7, 11) is 3.92. The third-order valence-corrected chi connectivity index (χ3v) is 5.12. The molecule has 2 aromatic rings. The summed E-state index contributed by atoms with van der Waals surface area (Å²) in [4.78, 5) is 17.0. The van der Waals surface area contributed by atoms with Gasteiger partial charge in [-0.3, -0.25) is 4.79 Å². The van der Waals surface area contributed by atoms with Gasteiger partial charge in [-0.1, -0.05) is 30.3 Å². The second-order valence-corrected chi connectivity index (χ2v) is 6.05. The van der Waals surface area contributed by atoms with Gasteiger partial charge >= 0.3 is 0 Å². The molecule has 0 N–H and O–H groups in total. The lowest BCUT2D eigenvalue weighted by atomic mass is 9.86. The topological polar surface area (TPSA) is 23.6 Å². The quantitative estimate of drug-likeness (QED) is 0.740. The van der Waals surface area contributed by atoms with Crippen molar-refractivity contribution in [3.05, 3.63) is 59.2 Å². The van der Waals surface area contributed by atoms with Crippen molar-refractivity contribution in [3.8, 4) is 0 Å². The van der Waals surface area contributed by atoms with Gasteiger partial charge in [0.1, 0.15) is 0 Å². The summed E-state index contributed by atoms with van der Waals surface area (Å²) < 4.78 is 0. The zero-order valence-corrected chi connectivity index (χ0v) is 12.6. The Balaban J connectivity index is 1.99. The van der Waals surface area contributed by atoms with E-state index in [0.717, 1.165) is 17.7 Å². The molecule has 2 aromatic carbocycles. The molecular weight excluding hydrogens is 260 g/mol. The number of hydrogen-bond acceptors (Lipinski definition) is 2. The Morgan fingerprint density at radius 3 is 2.48 bits per heavy atom. The first kappa shape index (κ1) is 12.5. The molecule has 0 bridgehead atoms. The highest BCUT2D eigenvalue weighted by Crippen LogP contribution is 2.52. The molecule has 2 aliphatic heterocycles. The minimum atomic E-state index is -0.570. The van der Waals surface area contributed by atoms with E-state index >= 15 is 0 Å². The Bertz CT molecular complexity index is 768. The van der Waals surface area contributed by atoms with Gasteiger partial charge < -0.3 is 9.80 Å². The summed E-state index contributed by atoms with van der Waals surface area (Å²) in [6, 6.07) is 14.5. The predicted octanol–water partition coefficient (Wildman–Crippen LogP) is 2.86. The maximum Gasteiger partial charge on any atom is 0.257 e. The zero-order chi connectivity index (χ0) is 14.8. The first-order valence-corrected chi connectivity index (χ1v) is 7.27. The van der Waals surface area contributed by atoms with E-state index in [0.29, 0.717) is 0 Å². The molecule has 0 aliphatic carbocycles. The van der Waals surface area contributed by atoms with E-state index in [4.69, 9.17) is 0 Å². The van der Waals surface area contributed by atoms with E-state index in [1.165, 1.54) is 16.8 Å². The molecule has 1 amide bonds. The Kier molecular flexibility index (Phi) is 2.30. The van der Waals surface area contributed by atoms with Crippen LogP contribution in [-0.2, 0) is 16.8 Å². The normalized spacial score (nSPS) is 22.9. The van der Waals surface area contributed by atoms with Crippen LogP contribution in [0.5, 0.6) is 0 Å². The number of carbonyl (C=O) groups excluding carboxylic acids is 1. The SMILES string of the molecule is Cc1cccc2c1CC1(C(=O)N(C)c3ccccc31)N2C. The van der Waals surface area contributed by atoms with Gasteiger partial charge in [-0.25, -0.2) is 0 Å². The lowest BCUT2D eigenvalue weighted by molar-refractivity contribution is -0.122. The number of aryl methyl sites for hydroxylation is 1. The second-order valence-electron chi connectivity index (χ2n) is 6.05. The van der Waals surface area contributed by atoms with Crippen molar-refractivity contribution < 1.29 is 4.79 Å². The van der Waals surface area contributed by atoms with E-state index in [9.17, 15) is 4.79 Å². The van der Waals surface area contributed by atoms with Gasteiger partial charge in [0.15, 0.2) is 5.54 Å². The van der Waals surface area contributed by atoms with Gasteiger partial charge in [-0.05, 0) is 30.2 Å². The van der Waals surface area contributed by atoms with Crippen molar-refractivity contribution in [3.63, 3.8) is 0 Å². The highest BCUT2D eigenvalue weighted by molar-refractivity contribution is 6.10. The van der Waals surface area contributed by atoms with Crippen LogP contribution in [0.4, 0.5) is 11.4 Å².